The zero-order valence-electron chi connectivity index (χ0n) is 16.6. The highest BCUT2D eigenvalue weighted by atomic mass is 32.1. The van der Waals surface area contributed by atoms with E-state index in [1.807, 2.05) is 0 Å². The number of hydrogen-bond donors (Lipinski definition) is 2. The van der Waals surface area contributed by atoms with Gasteiger partial charge in [0.15, 0.2) is 0 Å². The van der Waals surface area contributed by atoms with Crippen LogP contribution in [-0.4, -0.2) is 50.1 Å². The molecule has 2 aliphatic heterocycles. The molecule has 0 bridgehead atoms. The van der Waals surface area contributed by atoms with Crippen molar-refractivity contribution in [2.24, 2.45) is 4.99 Å². The summed E-state index contributed by atoms with van der Waals surface area (Å²) in [5, 5.41) is 8.05. The molecule has 1 fully saturated rings. The van der Waals surface area contributed by atoms with E-state index in [-0.39, 0.29) is 5.82 Å². The Morgan fingerprint density at radius 2 is 2.21 bits per heavy atom. The maximum absolute atomic E-state index is 13.8. The Morgan fingerprint density at radius 3 is 3.00 bits per heavy atom. The molecular weight excluding hydrogens is 375 g/mol. The van der Waals surface area contributed by atoms with Gasteiger partial charge in [-0.25, -0.2) is 9.38 Å². The second kappa shape index (κ2) is 8.19. The molecule has 1 atom stereocenters. The lowest BCUT2D eigenvalue weighted by Crippen LogP contribution is -2.53. The van der Waals surface area contributed by atoms with Crippen molar-refractivity contribution >= 4 is 33.5 Å². The van der Waals surface area contributed by atoms with E-state index in [9.17, 15) is 4.39 Å². The highest BCUT2D eigenvalue weighted by Crippen LogP contribution is 2.41. The van der Waals surface area contributed by atoms with Crippen molar-refractivity contribution in [1.29, 1.82) is 0 Å². The van der Waals surface area contributed by atoms with Gasteiger partial charge in [0, 0.05) is 44.3 Å². The monoisotopic (exact) mass is 402 g/mol. The first-order valence-corrected chi connectivity index (χ1v) is 10.6. The average Bonchev–Trinajstić information content (AvgIpc) is 3.03. The number of rotatable bonds is 4. The average molecular weight is 403 g/mol. The number of aliphatic imine (C=N–C) groups is 1. The number of benzene rings is 1. The number of piperazine rings is 1. The van der Waals surface area contributed by atoms with Gasteiger partial charge in [-0.2, -0.15) is 0 Å². The lowest BCUT2D eigenvalue weighted by Gasteiger charge is -2.35. The van der Waals surface area contributed by atoms with Crippen molar-refractivity contribution in [3.63, 3.8) is 0 Å². The summed E-state index contributed by atoms with van der Waals surface area (Å²) >= 11 is 1.73. The zero-order valence-corrected chi connectivity index (χ0v) is 17.4. The fraction of sp³-hybridized carbons (Fsp3) is 0.476. The van der Waals surface area contributed by atoms with E-state index in [1.54, 1.807) is 24.5 Å². The molecular formula is C21H27FN4OS. The third-order valence-corrected chi connectivity index (χ3v) is 6.57. The summed E-state index contributed by atoms with van der Waals surface area (Å²) in [7, 11) is 1.74. The predicted molar refractivity (Wildman–Crippen MR) is 114 cm³/mol. The fourth-order valence-corrected chi connectivity index (χ4v) is 4.74. The van der Waals surface area contributed by atoms with Gasteiger partial charge < -0.3 is 20.3 Å². The molecule has 0 spiro atoms. The Kier molecular flexibility index (Phi) is 5.66. The Balaban J connectivity index is 1.74. The minimum absolute atomic E-state index is 0.256. The molecule has 1 saturated heterocycles. The lowest BCUT2D eigenvalue weighted by atomic mass is 10.1. The van der Waals surface area contributed by atoms with Gasteiger partial charge in [-0.1, -0.05) is 13.8 Å². The van der Waals surface area contributed by atoms with Crippen LogP contribution in [-0.2, 0) is 4.74 Å². The molecule has 0 saturated carbocycles. The molecule has 0 radical (unpaired) electrons. The van der Waals surface area contributed by atoms with Crippen LogP contribution in [0.25, 0.3) is 0 Å². The molecule has 4 rings (SSSR count). The van der Waals surface area contributed by atoms with Gasteiger partial charge in [-0.05, 0) is 36.6 Å². The van der Waals surface area contributed by atoms with Crippen molar-refractivity contribution in [1.82, 2.24) is 10.2 Å². The molecule has 2 N–H and O–H groups in total. The number of nitrogens with zero attached hydrogens (tertiary/aromatic N) is 2. The highest BCUT2D eigenvalue weighted by molar-refractivity contribution is 7.16. The number of thiophene rings is 1. The van der Waals surface area contributed by atoms with Crippen LogP contribution in [0.4, 0.5) is 20.8 Å². The number of halogens is 1. The molecule has 28 heavy (non-hydrogen) atoms. The van der Waals surface area contributed by atoms with E-state index in [4.69, 9.17) is 9.73 Å². The molecule has 1 aromatic carbocycles. The third kappa shape index (κ3) is 3.92. The molecule has 1 unspecified atom stereocenters. The second-order valence-corrected chi connectivity index (χ2v) is 8.73. The van der Waals surface area contributed by atoms with E-state index < -0.39 is 0 Å². The first-order valence-electron chi connectivity index (χ1n) is 9.81. The minimum atomic E-state index is -0.256. The second-order valence-electron chi connectivity index (χ2n) is 7.65. The largest absolute Gasteiger partial charge is 0.385 e. The molecule has 5 nitrogen and oxygen atoms in total. The molecule has 150 valence electrons. The third-order valence-electron chi connectivity index (χ3n) is 5.22. The van der Waals surface area contributed by atoms with Crippen molar-refractivity contribution < 1.29 is 9.13 Å². The molecule has 2 aliphatic rings. The quantitative estimate of drug-likeness (QED) is 0.793. The number of nitrogens with one attached hydrogen (secondary N) is 2. The summed E-state index contributed by atoms with van der Waals surface area (Å²) in [5.74, 6) is 1.15. The number of amidine groups is 1. The molecule has 3 heterocycles. The molecule has 7 heteroatoms. The Labute approximate surface area is 169 Å². The number of anilines is 2. The van der Waals surface area contributed by atoms with E-state index in [0.717, 1.165) is 60.4 Å². The smallest absolute Gasteiger partial charge is 0.139 e. The maximum atomic E-state index is 13.8. The van der Waals surface area contributed by atoms with Crippen LogP contribution in [0.1, 0.15) is 36.6 Å². The summed E-state index contributed by atoms with van der Waals surface area (Å²) in [6.07, 6.45) is 0.966. The van der Waals surface area contributed by atoms with E-state index in [2.05, 4.69) is 35.4 Å². The molecule has 2 aromatic rings. The number of methoxy groups -OCH3 is 1. The Morgan fingerprint density at radius 1 is 1.36 bits per heavy atom. The van der Waals surface area contributed by atoms with Crippen LogP contribution in [0.2, 0.25) is 0 Å². The normalized spacial score (nSPS) is 19.0. The van der Waals surface area contributed by atoms with E-state index in [0.29, 0.717) is 12.0 Å². The van der Waals surface area contributed by atoms with Crippen molar-refractivity contribution in [2.75, 3.05) is 38.7 Å². The summed E-state index contributed by atoms with van der Waals surface area (Å²) in [6, 6.07) is 7.36. The fourth-order valence-electron chi connectivity index (χ4n) is 3.67. The van der Waals surface area contributed by atoms with Crippen molar-refractivity contribution in [3.05, 3.63) is 40.5 Å². The SMILES string of the molecule is COCCC1CN(C2=Nc3ccc(F)cc3Nc3sc(C(C)C)cc32)CCN1. The van der Waals surface area contributed by atoms with Crippen LogP contribution < -0.4 is 10.6 Å². The first-order chi connectivity index (χ1) is 13.5. The van der Waals surface area contributed by atoms with Gasteiger partial charge in [0.25, 0.3) is 0 Å². The number of fused-ring (bicyclic) bond motifs is 2. The number of hydrogen-bond acceptors (Lipinski definition) is 6. The van der Waals surface area contributed by atoms with E-state index >= 15 is 0 Å². The molecule has 0 amide bonds. The van der Waals surface area contributed by atoms with Crippen LogP contribution >= 0.6 is 11.3 Å². The van der Waals surface area contributed by atoms with Crippen LogP contribution in [0, 0.1) is 5.82 Å². The van der Waals surface area contributed by atoms with Gasteiger partial charge in [0.2, 0.25) is 0 Å². The Hall–Kier alpha value is -1.96. The molecule has 1 aromatic heterocycles. The summed E-state index contributed by atoms with van der Waals surface area (Å²) in [4.78, 5) is 8.65. The molecule has 0 aliphatic carbocycles. The van der Waals surface area contributed by atoms with Crippen LogP contribution in [0.15, 0.2) is 29.3 Å². The number of ether oxygens (including phenoxy) is 1. The summed E-state index contributed by atoms with van der Waals surface area (Å²) in [5.41, 5.74) is 2.61. The van der Waals surface area contributed by atoms with Gasteiger partial charge in [-0.3, -0.25) is 0 Å². The topological polar surface area (TPSA) is 48.9 Å². The summed E-state index contributed by atoms with van der Waals surface area (Å²) < 4.78 is 19.1. The van der Waals surface area contributed by atoms with Crippen LogP contribution in [0.5, 0.6) is 0 Å². The van der Waals surface area contributed by atoms with Crippen molar-refractivity contribution in [2.45, 2.75) is 32.2 Å². The van der Waals surface area contributed by atoms with E-state index in [1.165, 1.54) is 17.0 Å². The lowest BCUT2D eigenvalue weighted by molar-refractivity contribution is 0.168. The maximum Gasteiger partial charge on any atom is 0.139 e. The minimum Gasteiger partial charge on any atom is -0.385 e. The predicted octanol–water partition coefficient (Wildman–Crippen LogP) is 4.46. The van der Waals surface area contributed by atoms with Crippen molar-refractivity contribution in [3.8, 4) is 0 Å². The van der Waals surface area contributed by atoms with Gasteiger partial charge in [0.1, 0.15) is 16.7 Å². The zero-order chi connectivity index (χ0) is 19.7. The van der Waals surface area contributed by atoms with Gasteiger partial charge in [-0.15, -0.1) is 11.3 Å². The van der Waals surface area contributed by atoms with Gasteiger partial charge >= 0.3 is 0 Å². The van der Waals surface area contributed by atoms with Crippen LogP contribution in [0.3, 0.4) is 0 Å². The highest BCUT2D eigenvalue weighted by Gasteiger charge is 2.28. The van der Waals surface area contributed by atoms with Gasteiger partial charge in [0.05, 0.1) is 16.9 Å². The first kappa shape index (κ1) is 19.4. The summed E-state index contributed by atoms with van der Waals surface area (Å²) in [6.45, 7) is 7.81. The Bertz CT molecular complexity index is 879. The standard InChI is InChI=1S/C21H27FN4OS/c1-13(2)19-11-16-20(26-8-7-23-15(12-26)6-9-27-3)24-17-5-4-14(22)10-18(17)25-21(16)28-19/h4-5,10-11,13,15,23,25H,6-9,12H2,1-3H3.